The van der Waals surface area contributed by atoms with Gasteiger partial charge in [-0.2, -0.15) is 0 Å². The molecule has 3 aromatic carbocycles. The first-order valence-corrected chi connectivity index (χ1v) is 12.6. The molecule has 34 heavy (non-hydrogen) atoms. The van der Waals surface area contributed by atoms with Crippen LogP contribution in [0.4, 0.5) is 17.1 Å². The van der Waals surface area contributed by atoms with Gasteiger partial charge in [-0.3, -0.25) is 13.9 Å². The van der Waals surface area contributed by atoms with E-state index in [-0.39, 0.29) is 22.6 Å². The summed E-state index contributed by atoms with van der Waals surface area (Å²) in [6.45, 7) is 4.02. The van der Waals surface area contributed by atoms with Crippen molar-refractivity contribution in [1.29, 1.82) is 0 Å². The third-order valence-corrected chi connectivity index (χ3v) is 7.51. The fraction of sp³-hybridized carbons (Fsp3) is 0.231. The summed E-state index contributed by atoms with van der Waals surface area (Å²) in [6.07, 6.45) is 1.62. The van der Waals surface area contributed by atoms with Crippen molar-refractivity contribution in [2.75, 3.05) is 21.5 Å². The van der Waals surface area contributed by atoms with Crippen LogP contribution in [0.1, 0.15) is 36.2 Å². The Balaban J connectivity index is 1.48. The lowest BCUT2D eigenvalue weighted by atomic mass is 10.0. The fourth-order valence-electron chi connectivity index (χ4n) is 3.81. The molecule has 0 radical (unpaired) electrons. The maximum absolute atomic E-state index is 13.3. The SMILES string of the molecule is CC(C)C(=O)Nc1cccc(C(=O)Nc2ccc(S(=O)(=O)N3CCCc4ccccc43)cc2)c1. The van der Waals surface area contributed by atoms with Crippen molar-refractivity contribution in [2.24, 2.45) is 5.92 Å². The van der Waals surface area contributed by atoms with Crippen LogP contribution in [0.25, 0.3) is 0 Å². The van der Waals surface area contributed by atoms with Crippen molar-refractivity contribution in [3.05, 3.63) is 83.9 Å². The summed E-state index contributed by atoms with van der Waals surface area (Å²) in [4.78, 5) is 24.8. The van der Waals surface area contributed by atoms with Crippen molar-refractivity contribution in [2.45, 2.75) is 31.6 Å². The van der Waals surface area contributed by atoms with Gasteiger partial charge >= 0.3 is 0 Å². The first-order valence-electron chi connectivity index (χ1n) is 11.2. The van der Waals surface area contributed by atoms with Crippen molar-refractivity contribution < 1.29 is 18.0 Å². The third-order valence-electron chi connectivity index (χ3n) is 5.68. The molecule has 2 amide bonds. The summed E-state index contributed by atoms with van der Waals surface area (Å²) in [5, 5.41) is 5.55. The molecule has 2 N–H and O–H groups in total. The molecule has 0 fully saturated rings. The maximum Gasteiger partial charge on any atom is 0.264 e. The molecular formula is C26H27N3O4S. The molecule has 1 aliphatic heterocycles. The highest BCUT2D eigenvalue weighted by Gasteiger charge is 2.28. The Morgan fingerprint density at radius 1 is 0.882 bits per heavy atom. The Morgan fingerprint density at radius 2 is 1.62 bits per heavy atom. The Morgan fingerprint density at radius 3 is 2.35 bits per heavy atom. The second-order valence-electron chi connectivity index (χ2n) is 8.51. The number of rotatable bonds is 6. The molecule has 0 unspecified atom stereocenters. The summed E-state index contributed by atoms with van der Waals surface area (Å²) >= 11 is 0. The molecule has 0 atom stereocenters. The van der Waals surface area contributed by atoms with E-state index in [1.807, 2.05) is 24.3 Å². The molecule has 0 aromatic heterocycles. The van der Waals surface area contributed by atoms with E-state index in [9.17, 15) is 18.0 Å². The average molecular weight is 478 g/mol. The van der Waals surface area contributed by atoms with Gasteiger partial charge in [0.1, 0.15) is 0 Å². The number of benzene rings is 3. The van der Waals surface area contributed by atoms with Gasteiger partial charge in [0.2, 0.25) is 5.91 Å². The quantitative estimate of drug-likeness (QED) is 0.539. The minimum Gasteiger partial charge on any atom is -0.326 e. The molecule has 0 spiro atoms. The monoisotopic (exact) mass is 477 g/mol. The zero-order valence-electron chi connectivity index (χ0n) is 19.1. The number of sulfonamides is 1. The zero-order chi connectivity index (χ0) is 24.3. The first kappa shape index (κ1) is 23.5. The lowest BCUT2D eigenvalue weighted by Crippen LogP contribution is -2.35. The molecule has 0 bridgehead atoms. The lowest BCUT2D eigenvalue weighted by Gasteiger charge is -2.30. The topological polar surface area (TPSA) is 95.6 Å². The average Bonchev–Trinajstić information content (AvgIpc) is 2.84. The summed E-state index contributed by atoms with van der Waals surface area (Å²) in [7, 11) is -3.72. The minimum absolute atomic E-state index is 0.134. The van der Waals surface area contributed by atoms with Crippen LogP contribution in [0.3, 0.4) is 0 Å². The summed E-state index contributed by atoms with van der Waals surface area (Å²) in [6, 6.07) is 20.4. The van der Waals surface area contributed by atoms with Crippen LogP contribution >= 0.6 is 0 Å². The Kier molecular flexibility index (Phi) is 6.70. The lowest BCUT2D eigenvalue weighted by molar-refractivity contribution is -0.118. The number of nitrogens with one attached hydrogen (secondary N) is 2. The summed E-state index contributed by atoms with van der Waals surface area (Å²) in [5.74, 6) is -0.669. The highest BCUT2D eigenvalue weighted by molar-refractivity contribution is 7.92. The van der Waals surface area contributed by atoms with E-state index >= 15 is 0 Å². The molecule has 4 rings (SSSR count). The van der Waals surface area contributed by atoms with E-state index in [1.165, 1.54) is 16.4 Å². The molecule has 0 saturated heterocycles. The van der Waals surface area contributed by atoms with Crippen molar-refractivity contribution in [3.63, 3.8) is 0 Å². The number of fused-ring (bicyclic) bond motifs is 1. The van der Waals surface area contributed by atoms with E-state index in [4.69, 9.17) is 0 Å². The van der Waals surface area contributed by atoms with Crippen LogP contribution in [-0.4, -0.2) is 26.8 Å². The number of carbonyl (C=O) groups is 2. The molecule has 1 heterocycles. The van der Waals surface area contributed by atoms with E-state index in [1.54, 1.807) is 50.2 Å². The van der Waals surface area contributed by atoms with Crippen molar-refractivity contribution in [1.82, 2.24) is 0 Å². The van der Waals surface area contributed by atoms with Gasteiger partial charge in [-0.15, -0.1) is 0 Å². The third kappa shape index (κ3) is 4.97. The normalized spacial score (nSPS) is 13.3. The van der Waals surface area contributed by atoms with Gasteiger partial charge < -0.3 is 10.6 Å². The number of nitrogens with zero attached hydrogens (tertiary/aromatic N) is 1. The molecule has 1 aliphatic rings. The summed E-state index contributed by atoms with van der Waals surface area (Å²) in [5.41, 5.74) is 3.13. The number of anilines is 3. The molecule has 8 heteroatoms. The van der Waals surface area contributed by atoms with Crippen LogP contribution in [0, 0.1) is 5.92 Å². The Bertz CT molecular complexity index is 1320. The number of hydrogen-bond acceptors (Lipinski definition) is 4. The molecule has 7 nitrogen and oxygen atoms in total. The predicted octanol–water partition coefficient (Wildman–Crippen LogP) is 4.67. The predicted molar refractivity (Wildman–Crippen MR) is 134 cm³/mol. The van der Waals surface area contributed by atoms with Crippen LogP contribution in [-0.2, 0) is 21.2 Å². The highest BCUT2D eigenvalue weighted by atomic mass is 32.2. The molecule has 0 saturated carbocycles. The first-order chi connectivity index (χ1) is 16.3. The van der Waals surface area contributed by atoms with Gasteiger partial charge in [-0.25, -0.2) is 8.42 Å². The fourth-order valence-corrected chi connectivity index (χ4v) is 5.36. The Hall–Kier alpha value is -3.65. The largest absolute Gasteiger partial charge is 0.326 e. The molecule has 3 aromatic rings. The van der Waals surface area contributed by atoms with Crippen molar-refractivity contribution in [3.8, 4) is 0 Å². The van der Waals surface area contributed by atoms with E-state index in [2.05, 4.69) is 10.6 Å². The van der Waals surface area contributed by atoms with Gasteiger partial charge in [0.25, 0.3) is 15.9 Å². The number of para-hydroxylation sites is 1. The van der Waals surface area contributed by atoms with Crippen LogP contribution in [0.5, 0.6) is 0 Å². The highest BCUT2D eigenvalue weighted by Crippen LogP contribution is 2.32. The molecular weight excluding hydrogens is 450 g/mol. The number of aryl methyl sites for hydroxylation is 1. The van der Waals surface area contributed by atoms with Crippen LogP contribution in [0.15, 0.2) is 77.7 Å². The maximum atomic E-state index is 13.3. The standard InChI is InChI=1S/C26H27N3O4S/c1-18(2)25(30)28-22-10-5-8-20(17-22)26(31)27-21-12-14-23(15-13-21)34(32,33)29-16-6-9-19-7-3-4-11-24(19)29/h3-5,7-8,10-15,17-18H,6,9,16H2,1-2H3,(H,27,31)(H,28,30). The molecule has 176 valence electrons. The van der Waals surface area contributed by atoms with Gasteiger partial charge in [-0.1, -0.05) is 38.1 Å². The number of hydrogen-bond donors (Lipinski definition) is 2. The second-order valence-corrected chi connectivity index (χ2v) is 10.4. The Labute approximate surface area is 199 Å². The minimum atomic E-state index is -3.72. The van der Waals surface area contributed by atoms with Gasteiger partial charge in [0, 0.05) is 29.4 Å². The van der Waals surface area contributed by atoms with E-state index < -0.39 is 10.0 Å². The van der Waals surface area contributed by atoms with Crippen LogP contribution < -0.4 is 14.9 Å². The molecule has 0 aliphatic carbocycles. The van der Waals surface area contributed by atoms with E-state index in [0.717, 1.165) is 24.1 Å². The van der Waals surface area contributed by atoms with E-state index in [0.29, 0.717) is 23.5 Å². The second kappa shape index (κ2) is 9.69. The van der Waals surface area contributed by atoms with Gasteiger partial charge in [0.15, 0.2) is 0 Å². The number of amides is 2. The van der Waals surface area contributed by atoms with Gasteiger partial charge in [-0.05, 0) is 66.9 Å². The number of carbonyl (C=O) groups excluding carboxylic acids is 2. The van der Waals surface area contributed by atoms with Crippen molar-refractivity contribution >= 4 is 38.9 Å². The summed E-state index contributed by atoms with van der Waals surface area (Å²) < 4.78 is 28.0. The zero-order valence-corrected chi connectivity index (χ0v) is 19.9. The van der Waals surface area contributed by atoms with Gasteiger partial charge in [0.05, 0.1) is 10.6 Å². The van der Waals surface area contributed by atoms with Crippen LogP contribution in [0.2, 0.25) is 0 Å². The smallest absolute Gasteiger partial charge is 0.264 e.